The Balaban J connectivity index is 2.37. The summed E-state index contributed by atoms with van der Waals surface area (Å²) in [6.45, 7) is 4.84. The molecule has 0 aliphatic rings. The highest BCUT2D eigenvalue weighted by atomic mass is 32.2. The lowest BCUT2D eigenvalue weighted by molar-refractivity contribution is 0.343. The molecular formula is C15H20N2O3S2. The minimum atomic E-state index is -3.56. The molecule has 0 aliphatic heterocycles. The van der Waals surface area contributed by atoms with Crippen LogP contribution in [0, 0.1) is 0 Å². The van der Waals surface area contributed by atoms with Gasteiger partial charge in [0.15, 0.2) is 0 Å². The van der Waals surface area contributed by atoms with Crippen molar-refractivity contribution in [2.45, 2.75) is 18.7 Å². The second-order valence-electron chi connectivity index (χ2n) is 4.49. The molecule has 1 aromatic heterocycles. The van der Waals surface area contributed by atoms with Crippen molar-refractivity contribution in [1.29, 1.82) is 0 Å². The van der Waals surface area contributed by atoms with Gasteiger partial charge in [0.1, 0.15) is 11.3 Å². The monoisotopic (exact) mass is 340 g/mol. The second kappa shape index (κ2) is 7.80. The average molecular weight is 340 g/mol. The normalized spacial score (nSPS) is 11.7. The van der Waals surface area contributed by atoms with Crippen molar-refractivity contribution >= 4 is 32.7 Å². The van der Waals surface area contributed by atoms with E-state index in [-0.39, 0.29) is 4.90 Å². The molecule has 0 atom stereocenters. The highest BCUT2D eigenvalue weighted by Gasteiger charge is 2.19. The Morgan fingerprint density at radius 2 is 2.09 bits per heavy atom. The number of ether oxygens (including phenoxy) is 1. The van der Waals surface area contributed by atoms with Crippen LogP contribution < -0.4 is 9.46 Å². The summed E-state index contributed by atoms with van der Waals surface area (Å²) < 4.78 is 33.1. The lowest BCUT2D eigenvalue weighted by Gasteiger charge is -2.12. The number of nitrogens with zero attached hydrogens (tertiary/aromatic N) is 1. The van der Waals surface area contributed by atoms with Crippen molar-refractivity contribution < 1.29 is 13.2 Å². The van der Waals surface area contributed by atoms with Crippen LogP contribution in [0.15, 0.2) is 35.4 Å². The predicted octanol–water partition coefficient (Wildman–Crippen LogP) is 2.66. The van der Waals surface area contributed by atoms with E-state index in [1.807, 2.05) is 13.8 Å². The molecule has 0 aliphatic carbocycles. The smallest absolute Gasteiger partial charge is 0.241 e. The zero-order valence-corrected chi connectivity index (χ0v) is 14.3. The summed E-state index contributed by atoms with van der Waals surface area (Å²) in [5.41, 5.74) is 0.565. The summed E-state index contributed by atoms with van der Waals surface area (Å²) in [4.78, 5) is 4.50. The third-order valence-corrected chi connectivity index (χ3v) is 5.44. The highest BCUT2D eigenvalue weighted by Crippen LogP contribution is 2.29. The topological polar surface area (TPSA) is 68.3 Å². The molecule has 7 heteroatoms. The molecule has 0 saturated carbocycles. The van der Waals surface area contributed by atoms with Gasteiger partial charge in [-0.25, -0.2) is 13.1 Å². The summed E-state index contributed by atoms with van der Waals surface area (Å²) in [6, 6.07) is 6.71. The highest BCUT2D eigenvalue weighted by molar-refractivity contribution is 7.99. The molecular weight excluding hydrogens is 320 g/mol. The zero-order valence-electron chi connectivity index (χ0n) is 12.7. The molecule has 120 valence electrons. The Morgan fingerprint density at radius 1 is 1.27 bits per heavy atom. The molecule has 0 saturated heterocycles. The van der Waals surface area contributed by atoms with Gasteiger partial charge in [-0.3, -0.25) is 4.98 Å². The van der Waals surface area contributed by atoms with E-state index in [4.69, 9.17) is 4.74 Å². The van der Waals surface area contributed by atoms with Crippen molar-refractivity contribution in [3.63, 3.8) is 0 Å². The first-order valence-electron chi connectivity index (χ1n) is 7.18. The second-order valence-corrected chi connectivity index (χ2v) is 7.62. The third kappa shape index (κ3) is 3.91. The number of fused-ring (bicyclic) bond motifs is 1. The van der Waals surface area contributed by atoms with Gasteiger partial charge in [0.05, 0.1) is 11.5 Å². The number of hydrogen-bond acceptors (Lipinski definition) is 5. The summed E-state index contributed by atoms with van der Waals surface area (Å²) in [5, 5.41) is 0.573. The van der Waals surface area contributed by atoms with Gasteiger partial charge in [-0.05, 0) is 36.9 Å². The maximum absolute atomic E-state index is 12.5. The molecule has 1 aromatic carbocycles. The number of thioether (sulfide) groups is 1. The van der Waals surface area contributed by atoms with E-state index in [2.05, 4.69) is 9.71 Å². The fourth-order valence-electron chi connectivity index (χ4n) is 2.10. The van der Waals surface area contributed by atoms with E-state index < -0.39 is 10.0 Å². The standard InChI is InChI=1S/C15H20N2O3S2/c1-3-20-13-7-8-14(12-6-5-9-16-15(12)13)22(18,19)17-10-11-21-4-2/h5-9,17H,3-4,10-11H2,1-2H3. The minimum Gasteiger partial charge on any atom is -0.492 e. The van der Waals surface area contributed by atoms with Crippen molar-refractivity contribution in [1.82, 2.24) is 9.71 Å². The van der Waals surface area contributed by atoms with E-state index in [1.165, 1.54) is 0 Å². The summed E-state index contributed by atoms with van der Waals surface area (Å²) in [7, 11) is -3.56. The van der Waals surface area contributed by atoms with E-state index in [9.17, 15) is 8.42 Å². The van der Waals surface area contributed by atoms with Crippen LogP contribution in [-0.2, 0) is 10.0 Å². The number of aromatic nitrogens is 1. The molecule has 0 amide bonds. The van der Waals surface area contributed by atoms with E-state index >= 15 is 0 Å². The Morgan fingerprint density at radius 3 is 2.82 bits per heavy atom. The first-order chi connectivity index (χ1) is 10.6. The Labute approximate surface area is 135 Å². The lowest BCUT2D eigenvalue weighted by atomic mass is 10.2. The minimum absolute atomic E-state index is 0.237. The first kappa shape index (κ1) is 17.1. The molecule has 0 unspecified atom stereocenters. The molecule has 5 nitrogen and oxygen atoms in total. The molecule has 2 aromatic rings. The number of hydrogen-bond donors (Lipinski definition) is 1. The molecule has 22 heavy (non-hydrogen) atoms. The van der Waals surface area contributed by atoms with Crippen LogP contribution in [0.2, 0.25) is 0 Å². The summed E-state index contributed by atoms with van der Waals surface area (Å²) >= 11 is 1.70. The van der Waals surface area contributed by atoms with Crippen LogP contribution in [0.5, 0.6) is 5.75 Å². The Kier molecular flexibility index (Phi) is 6.05. The van der Waals surface area contributed by atoms with Gasteiger partial charge >= 0.3 is 0 Å². The van der Waals surface area contributed by atoms with Gasteiger partial charge in [0.25, 0.3) is 0 Å². The zero-order chi connectivity index (χ0) is 16.0. The molecule has 0 spiro atoms. The molecule has 1 N–H and O–H groups in total. The van der Waals surface area contributed by atoms with Crippen LogP contribution in [0.1, 0.15) is 13.8 Å². The first-order valence-corrected chi connectivity index (χ1v) is 9.82. The van der Waals surface area contributed by atoms with Crippen molar-refractivity contribution in [3.8, 4) is 5.75 Å². The maximum atomic E-state index is 12.5. The number of sulfonamides is 1. The predicted molar refractivity (Wildman–Crippen MR) is 91.1 cm³/mol. The van der Waals surface area contributed by atoms with E-state index in [0.717, 1.165) is 11.5 Å². The van der Waals surface area contributed by atoms with Crippen LogP contribution >= 0.6 is 11.8 Å². The third-order valence-electron chi connectivity index (χ3n) is 3.02. The summed E-state index contributed by atoms with van der Waals surface area (Å²) in [5.74, 6) is 2.32. The van der Waals surface area contributed by atoms with Crippen molar-refractivity contribution in [2.75, 3.05) is 24.7 Å². The quantitative estimate of drug-likeness (QED) is 0.748. The summed E-state index contributed by atoms with van der Waals surface area (Å²) in [6.07, 6.45) is 1.63. The van der Waals surface area contributed by atoms with Crippen LogP contribution in [0.25, 0.3) is 10.9 Å². The molecule has 2 rings (SSSR count). The van der Waals surface area contributed by atoms with Gasteiger partial charge in [-0.15, -0.1) is 0 Å². The SMILES string of the molecule is CCOc1ccc(S(=O)(=O)NCCSCC)c2cccnc12. The fourth-order valence-corrected chi connectivity index (χ4v) is 3.99. The van der Waals surface area contributed by atoms with Gasteiger partial charge in [-0.2, -0.15) is 11.8 Å². The molecule has 0 radical (unpaired) electrons. The fraction of sp³-hybridized carbons (Fsp3) is 0.400. The van der Waals surface area contributed by atoms with Crippen LogP contribution in [0.4, 0.5) is 0 Å². The van der Waals surface area contributed by atoms with Crippen LogP contribution in [-0.4, -0.2) is 38.1 Å². The van der Waals surface area contributed by atoms with Crippen molar-refractivity contribution in [3.05, 3.63) is 30.5 Å². The van der Waals surface area contributed by atoms with Gasteiger partial charge < -0.3 is 4.74 Å². The number of pyridine rings is 1. The van der Waals surface area contributed by atoms with E-state index in [1.54, 1.807) is 42.2 Å². The van der Waals surface area contributed by atoms with Gasteiger partial charge in [-0.1, -0.05) is 6.92 Å². The molecule has 0 bridgehead atoms. The lowest BCUT2D eigenvalue weighted by Crippen LogP contribution is -2.26. The number of benzene rings is 1. The molecule has 0 fully saturated rings. The van der Waals surface area contributed by atoms with Crippen LogP contribution in [0.3, 0.4) is 0 Å². The van der Waals surface area contributed by atoms with Gasteiger partial charge in [0.2, 0.25) is 10.0 Å². The van der Waals surface area contributed by atoms with E-state index in [0.29, 0.717) is 29.8 Å². The number of nitrogens with one attached hydrogen (secondary N) is 1. The molecule has 1 heterocycles. The van der Waals surface area contributed by atoms with Gasteiger partial charge in [0, 0.05) is 23.9 Å². The largest absolute Gasteiger partial charge is 0.492 e. The van der Waals surface area contributed by atoms with Crippen molar-refractivity contribution in [2.24, 2.45) is 0 Å². The average Bonchev–Trinajstić information content (AvgIpc) is 2.52. The Bertz CT molecular complexity index is 733. The number of rotatable bonds is 8. The maximum Gasteiger partial charge on any atom is 0.241 e. The Hall–Kier alpha value is -1.31.